The average molecular weight is 347 g/mol. The molecule has 2 aromatic carbocycles. The molecular weight excluding hydrogens is 332 g/mol. The van der Waals surface area contributed by atoms with Gasteiger partial charge in [0, 0.05) is 28.0 Å². The van der Waals surface area contributed by atoms with Gasteiger partial charge in [-0.2, -0.15) is 4.57 Å². The smallest absolute Gasteiger partial charge is 0.403 e. The number of ketones is 1. The summed E-state index contributed by atoms with van der Waals surface area (Å²) in [5, 5.41) is 4.09. The summed E-state index contributed by atoms with van der Waals surface area (Å²) in [7, 11) is 0. The molecule has 3 rings (SSSR count). The lowest BCUT2D eigenvalue weighted by Crippen LogP contribution is -2.44. The zero-order chi connectivity index (χ0) is 18.4. The van der Waals surface area contributed by atoms with E-state index in [2.05, 4.69) is 10.0 Å². The molecule has 0 aliphatic rings. The molecule has 0 radical (unpaired) electrons. The van der Waals surface area contributed by atoms with E-state index in [1.807, 2.05) is 30.3 Å². The van der Waals surface area contributed by atoms with Gasteiger partial charge < -0.3 is 4.74 Å². The zero-order valence-corrected chi connectivity index (χ0v) is 13.8. The number of carbonyl (C=O) groups is 2. The van der Waals surface area contributed by atoms with Gasteiger partial charge in [-0.25, -0.2) is 4.79 Å². The van der Waals surface area contributed by atoms with Crippen LogP contribution in [0.2, 0.25) is 0 Å². The van der Waals surface area contributed by atoms with Crippen molar-refractivity contribution >= 4 is 22.7 Å². The number of para-hydroxylation sites is 1. The Morgan fingerprint density at radius 3 is 2.50 bits per heavy atom. The Kier molecular flexibility index (Phi) is 5.22. The molecule has 0 amide bonds. The molecule has 0 spiro atoms. The van der Waals surface area contributed by atoms with E-state index < -0.39 is 12.7 Å². The average Bonchev–Trinajstić information content (AvgIpc) is 2.69. The van der Waals surface area contributed by atoms with Crippen LogP contribution in [0.15, 0.2) is 71.8 Å². The van der Waals surface area contributed by atoms with Crippen LogP contribution in [0.3, 0.4) is 0 Å². The summed E-state index contributed by atoms with van der Waals surface area (Å²) < 4.78 is 6.57. The lowest BCUT2D eigenvalue weighted by molar-refractivity contribution is -0.659. The van der Waals surface area contributed by atoms with Crippen molar-refractivity contribution < 1.29 is 18.9 Å². The number of aromatic nitrogens is 1. The standard InChI is InChI=1S/C19H15N4O3/c20-22-21-13-26-19(25)17-11-10-14-6-4-5-9-16(14)23(17)12-18(24)15-7-2-1-3-8-15/h1-11H,12-13H2/q+1. The van der Waals surface area contributed by atoms with Crippen LogP contribution in [0.5, 0.6) is 0 Å². The highest BCUT2D eigenvalue weighted by atomic mass is 16.5. The molecule has 0 saturated carbocycles. The summed E-state index contributed by atoms with van der Waals surface area (Å²) in [6.45, 7) is -0.424. The molecule has 1 aromatic heterocycles. The summed E-state index contributed by atoms with van der Waals surface area (Å²) in [5.41, 5.74) is 9.81. The van der Waals surface area contributed by atoms with Crippen LogP contribution in [0.1, 0.15) is 20.8 Å². The minimum Gasteiger partial charge on any atom is -0.452 e. The number of fused-ring (bicyclic) bond motifs is 1. The summed E-state index contributed by atoms with van der Waals surface area (Å²) >= 11 is 0. The minimum absolute atomic E-state index is 0.0165. The van der Waals surface area contributed by atoms with E-state index in [1.165, 1.54) is 0 Å². The molecule has 7 nitrogen and oxygen atoms in total. The van der Waals surface area contributed by atoms with E-state index in [1.54, 1.807) is 41.0 Å². The number of nitrogens with zero attached hydrogens (tertiary/aromatic N) is 4. The first-order valence-electron chi connectivity index (χ1n) is 7.88. The Labute approximate surface area is 149 Å². The molecule has 1 heterocycles. The van der Waals surface area contributed by atoms with Gasteiger partial charge in [0.1, 0.15) is 0 Å². The quantitative estimate of drug-likeness (QED) is 0.171. The Bertz CT molecular complexity index is 1010. The third-order valence-corrected chi connectivity index (χ3v) is 3.86. The molecule has 0 N–H and O–H groups in total. The van der Waals surface area contributed by atoms with Gasteiger partial charge in [0.15, 0.2) is 6.73 Å². The van der Waals surface area contributed by atoms with E-state index in [0.29, 0.717) is 5.56 Å². The number of benzene rings is 2. The van der Waals surface area contributed by atoms with Crippen molar-refractivity contribution in [2.24, 2.45) is 5.11 Å². The molecule has 0 aliphatic heterocycles. The highest BCUT2D eigenvalue weighted by molar-refractivity contribution is 5.95. The largest absolute Gasteiger partial charge is 0.452 e. The van der Waals surface area contributed by atoms with Crippen LogP contribution in [0.25, 0.3) is 21.3 Å². The van der Waals surface area contributed by atoms with E-state index in [9.17, 15) is 9.59 Å². The minimum atomic E-state index is -0.663. The molecule has 0 atom stereocenters. The number of hydrogen-bond acceptors (Lipinski definition) is 4. The number of carbonyl (C=O) groups excluding carboxylic acids is 2. The van der Waals surface area contributed by atoms with Crippen LogP contribution in [0, 0.1) is 0 Å². The number of hydrogen-bond donors (Lipinski definition) is 0. The molecule has 0 saturated heterocycles. The van der Waals surface area contributed by atoms with Crippen molar-refractivity contribution in [1.29, 1.82) is 0 Å². The second-order valence-corrected chi connectivity index (χ2v) is 5.44. The fourth-order valence-corrected chi connectivity index (χ4v) is 2.66. The van der Waals surface area contributed by atoms with Gasteiger partial charge in [0.05, 0.1) is 0 Å². The van der Waals surface area contributed by atoms with Gasteiger partial charge in [0.2, 0.25) is 17.8 Å². The number of rotatable bonds is 6. The van der Waals surface area contributed by atoms with Crippen LogP contribution in [-0.4, -0.2) is 18.5 Å². The van der Waals surface area contributed by atoms with Gasteiger partial charge in [0.25, 0.3) is 5.69 Å². The summed E-state index contributed by atoms with van der Waals surface area (Å²) in [5.74, 6) is -0.792. The van der Waals surface area contributed by atoms with E-state index >= 15 is 0 Å². The van der Waals surface area contributed by atoms with E-state index in [4.69, 9.17) is 10.3 Å². The van der Waals surface area contributed by atoms with Gasteiger partial charge in [-0.3, -0.25) is 4.79 Å². The van der Waals surface area contributed by atoms with Gasteiger partial charge in [-0.1, -0.05) is 47.6 Å². The molecular formula is C19H15N4O3+. The van der Waals surface area contributed by atoms with Crippen molar-refractivity contribution in [3.8, 4) is 0 Å². The van der Waals surface area contributed by atoms with Gasteiger partial charge in [-0.05, 0) is 17.7 Å². The SMILES string of the molecule is [N-]=[N+]=NCOC(=O)c1ccc2ccccc2[n+]1CC(=O)c1ccccc1. The Morgan fingerprint density at radius 2 is 1.73 bits per heavy atom. The number of ether oxygens (including phenoxy) is 1. The fourth-order valence-electron chi connectivity index (χ4n) is 2.66. The first kappa shape index (κ1) is 17.1. The Balaban J connectivity index is 2.02. The summed E-state index contributed by atoms with van der Waals surface area (Å²) in [6.07, 6.45) is 0. The lowest BCUT2D eigenvalue weighted by Gasteiger charge is -2.06. The normalized spacial score (nSPS) is 10.2. The first-order valence-corrected chi connectivity index (χ1v) is 7.88. The molecule has 0 bridgehead atoms. The van der Waals surface area contributed by atoms with Gasteiger partial charge >= 0.3 is 5.97 Å². The van der Waals surface area contributed by atoms with Crippen LogP contribution in [-0.2, 0) is 11.3 Å². The summed E-state index contributed by atoms with van der Waals surface area (Å²) in [4.78, 5) is 27.6. The predicted octanol–water partition coefficient (Wildman–Crippen LogP) is 3.43. The number of pyridine rings is 1. The van der Waals surface area contributed by atoms with E-state index in [0.717, 1.165) is 10.9 Å². The fraction of sp³-hybridized carbons (Fsp3) is 0.105. The Hall–Kier alpha value is -3.70. The highest BCUT2D eigenvalue weighted by Gasteiger charge is 2.26. The maximum absolute atomic E-state index is 12.7. The lowest BCUT2D eigenvalue weighted by atomic mass is 10.1. The second kappa shape index (κ2) is 7.92. The van der Waals surface area contributed by atoms with Crippen molar-refractivity contribution in [3.05, 3.63) is 88.4 Å². The number of azide groups is 1. The second-order valence-electron chi connectivity index (χ2n) is 5.44. The van der Waals surface area contributed by atoms with Crippen molar-refractivity contribution in [2.75, 3.05) is 6.73 Å². The molecule has 7 heteroatoms. The molecule has 0 aliphatic carbocycles. The van der Waals surface area contributed by atoms with Crippen LogP contribution >= 0.6 is 0 Å². The van der Waals surface area contributed by atoms with Crippen molar-refractivity contribution in [1.82, 2.24) is 0 Å². The topological polar surface area (TPSA) is 96.0 Å². The Morgan fingerprint density at radius 1 is 1.00 bits per heavy atom. The van der Waals surface area contributed by atoms with Gasteiger partial charge in [-0.15, -0.1) is 0 Å². The molecule has 3 aromatic rings. The zero-order valence-electron chi connectivity index (χ0n) is 13.8. The number of esters is 1. The van der Waals surface area contributed by atoms with E-state index in [-0.39, 0.29) is 18.0 Å². The highest BCUT2D eigenvalue weighted by Crippen LogP contribution is 2.12. The van der Waals surface area contributed by atoms with Crippen LogP contribution in [0.4, 0.5) is 0 Å². The van der Waals surface area contributed by atoms with Crippen molar-refractivity contribution in [3.63, 3.8) is 0 Å². The van der Waals surface area contributed by atoms with Crippen LogP contribution < -0.4 is 4.57 Å². The molecule has 0 unspecified atom stereocenters. The maximum atomic E-state index is 12.7. The first-order chi connectivity index (χ1) is 12.7. The predicted molar refractivity (Wildman–Crippen MR) is 94.3 cm³/mol. The number of Topliss-reactive ketones (excluding diaryl/α,β-unsaturated/α-hetero) is 1. The summed E-state index contributed by atoms with van der Waals surface area (Å²) in [6, 6.07) is 19.7. The van der Waals surface area contributed by atoms with Crippen molar-refractivity contribution in [2.45, 2.75) is 6.54 Å². The molecule has 26 heavy (non-hydrogen) atoms. The molecule has 128 valence electrons. The maximum Gasteiger partial charge on any atom is 0.403 e. The third kappa shape index (κ3) is 3.68. The third-order valence-electron chi connectivity index (χ3n) is 3.86. The monoisotopic (exact) mass is 347 g/mol. The molecule has 0 fully saturated rings.